The van der Waals surface area contributed by atoms with Crippen LogP contribution in [0.25, 0.3) is 0 Å². The number of rotatable bonds is 0. The van der Waals surface area contributed by atoms with Crippen molar-refractivity contribution in [1.29, 1.82) is 0 Å². The van der Waals surface area contributed by atoms with E-state index in [-0.39, 0.29) is 0 Å². The highest BCUT2D eigenvalue weighted by molar-refractivity contribution is 5.50. The lowest BCUT2D eigenvalue weighted by atomic mass is 9.91. The summed E-state index contributed by atoms with van der Waals surface area (Å²) in [5.41, 5.74) is 7.29. The molecule has 1 atom stereocenters. The van der Waals surface area contributed by atoms with Crippen LogP contribution in [0.5, 0.6) is 0 Å². The lowest BCUT2D eigenvalue weighted by Gasteiger charge is -2.18. The standard InChI is InChI=1S/C18H20O/c1-12-10-13(2)17-15(11-12)9-8-14-6-4-3-5-7-16(14)18(17)19/h4-7,10-11,18-19H,3,8-9H2,1-2H3. The number of hydrogen-bond donors (Lipinski definition) is 1. The highest BCUT2D eigenvalue weighted by Gasteiger charge is 2.24. The van der Waals surface area contributed by atoms with Crippen LogP contribution in [0.4, 0.5) is 0 Å². The maximum atomic E-state index is 10.8. The minimum Gasteiger partial charge on any atom is -0.384 e. The van der Waals surface area contributed by atoms with E-state index in [0.29, 0.717) is 0 Å². The molecular formula is C18H20O. The van der Waals surface area contributed by atoms with Gasteiger partial charge in [-0.15, -0.1) is 0 Å². The lowest BCUT2D eigenvalue weighted by Crippen LogP contribution is -2.05. The third-order valence-corrected chi connectivity index (χ3v) is 4.11. The van der Waals surface area contributed by atoms with Gasteiger partial charge in [0, 0.05) is 0 Å². The summed E-state index contributed by atoms with van der Waals surface area (Å²) in [5, 5.41) is 10.8. The van der Waals surface area contributed by atoms with Gasteiger partial charge in [0.1, 0.15) is 6.10 Å². The van der Waals surface area contributed by atoms with Crippen LogP contribution in [0.1, 0.15) is 41.2 Å². The summed E-state index contributed by atoms with van der Waals surface area (Å²) in [6.45, 7) is 4.24. The Morgan fingerprint density at radius 3 is 2.68 bits per heavy atom. The Morgan fingerprint density at radius 1 is 1.05 bits per heavy atom. The van der Waals surface area contributed by atoms with Crippen molar-refractivity contribution < 1.29 is 5.11 Å². The number of benzene rings is 1. The highest BCUT2D eigenvalue weighted by Crippen LogP contribution is 2.37. The minimum atomic E-state index is -0.480. The van der Waals surface area contributed by atoms with E-state index >= 15 is 0 Å². The van der Waals surface area contributed by atoms with E-state index in [0.717, 1.165) is 30.4 Å². The number of allylic oxidation sites excluding steroid dienone is 4. The van der Waals surface area contributed by atoms with Gasteiger partial charge in [0.2, 0.25) is 0 Å². The Bertz CT molecular complexity index is 602. The van der Waals surface area contributed by atoms with Gasteiger partial charge in [-0.1, -0.05) is 42.0 Å². The van der Waals surface area contributed by atoms with Crippen LogP contribution in [0.3, 0.4) is 0 Å². The van der Waals surface area contributed by atoms with E-state index < -0.39 is 6.10 Å². The Hall–Kier alpha value is -1.60. The average molecular weight is 252 g/mol. The van der Waals surface area contributed by atoms with Crippen molar-refractivity contribution in [3.05, 3.63) is 69.8 Å². The summed E-state index contributed by atoms with van der Waals surface area (Å²) in [7, 11) is 0. The molecule has 1 unspecified atom stereocenters. The summed E-state index contributed by atoms with van der Waals surface area (Å²) in [4.78, 5) is 0. The van der Waals surface area contributed by atoms with E-state index in [1.807, 2.05) is 0 Å². The maximum Gasteiger partial charge on any atom is 0.105 e. The molecule has 0 saturated carbocycles. The van der Waals surface area contributed by atoms with Crippen molar-refractivity contribution in [1.82, 2.24) is 0 Å². The third-order valence-electron chi connectivity index (χ3n) is 4.11. The van der Waals surface area contributed by atoms with Crippen LogP contribution < -0.4 is 0 Å². The lowest BCUT2D eigenvalue weighted by molar-refractivity contribution is 0.218. The molecule has 0 fully saturated rings. The molecular weight excluding hydrogens is 232 g/mol. The normalized spacial score (nSPS) is 21.7. The molecule has 0 aromatic heterocycles. The van der Waals surface area contributed by atoms with Crippen molar-refractivity contribution in [3.8, 4) is 0 Å². The molecule has 19 heavy (non-hydrogen) atoms. The molecule has 1 aromatic rings. The van der Waals surface area contributed by atoms with Gasteiger partial charge in [-0.05, 0) is 60.9 Å². The van der Waals surface area contributed by atoms with Crippen molar-refractivity contribution in [2.75, 3.05) is 0 Å². The second kappa shape index (κ2) is 4.82. The average Bonchev–Trinajstić information content (AvgIpc) is 2.65. The quantitative estimate of drug-likeness (QED) is 0.737. The maximum absolute atomic E-state index is 10.8. The molecule has 0 bridgehead atoms. The van der Waals surface area contributed by atoms with Crippen LogP contribution in [0, 0.1) is 13.8 Å². The Kier molecular flexibility index (Phi) is 3.16. The van der Waals surface area contributed by atoms with Crippen molar-refractivity contribution >= 4 is 0 Å². The van der Waals surface area contributed by atoms with Gasteiger partial charge in [-0.25, -0.2) is 0 Å². The molecule has 0 spiro atoms. The molecule has 2 aliphatic rings. The van der Waals surface area contributed by atoms with Crippen LogP contribution in [-0.4, -0.2) is 5.11 Å². The topological polar surface area (TPSA) is 20.2 Å². The first-order chi connectivity index (χ1) is 9.16. The molecule has 1 N–H and O–H groups in total. The predicted molar refractivity (Wildman–Crippen MR) is 79.1 cm³/mol. The van der Waals surface area contributed by atoms with Gasteiger partial charge in [0.05, 0.1) is 0 Å². The fourth-order valence-corrected chi connectivity index (χ4v) is 3.27. The summed E-state index contributed by atoms with van der Waals surface area (Å²) in [6.07, 6.45) is 11.1. The molecule has 1 nitrogen and oxygen atoms in total. The zero-order valence-corrected chi connectivity index (χ0v) is 11.6. The number of aliphatic hydroxyl groups is 1. The Balaban J connectivity index is 2.17. The molecule has 0 aliphatic heterocycles. The summed E-state index contributed by atoms with van der Waals surface area (Å²) >= 11 is 0. The zero-order valence-electron chi connectivity index (χ0n) is 11.6. The molecule has 98 valence electrons. The molecule has 0 heterocycles. The van der Waals surface area contributed by atoms with E-state index in [9.17, 15) is 5.11 Å². The fourth-order valence-electron chi connectivity index (χ4n) is 3.27. The summed E-state index contributed by atoms with van der Waals surface area (Å²) < 4.78 is 0. The van der Waals surface area contributed by atoms with Gasteiger partial charge in [0.15, 0.2) is 0 Å². The van der Waals surface area contributed by atoms with Gasteiger partial charge >= 0.3 is 0 Å². The van der Waals surface area contributed by atoms with E-state index in [2.05, 4.69) is 50.3 Å². The number of aryl methyl sites for hydroxylation is 3. The van der Waals surface area contributed by atoms with Gasteiger partial charge in [0.25, 0.3) is 0 Å². The van der Waals surface area contributed by atoms with Gasteiger partial charge in [-0.2, -0.15) is 0 Å². The Labute approximate surface area is 115 Å². The van der Waals surface area contributed by atoms with E-state index in [4.69, 9.17) is 0 Å². The number of fused-ring (bicyclic) bond motifs is 1. The van der Waals surface area contributed by atoms with Gasteiger partial charge in [-0.3, -0.25) is 0 Å². The summed E-state index contributed by atoms with van der Waals surface area (Å²) in [6, 6.07) is 4.40. The number of hydrogen-bond acceptors (Lipinski definition) is 1. The summed E-state index contributed by atoms with van der Waals surface area (Å²) in [5.74, 6) is 0. The van der Waals surface area contributed by atoms with Crippen molar-refractivity contribution in [2.45, 2.75) is 39.2 Å². The van der Waals surface area contributed by atoms with Crippen molar-refractivity contribution in [3.63, 3.8) is 0 Å². The zero-order chi connectivity index (χ0) is 13.4. The first-order valence-electron chi connectivity index (χ1n) is 7.01. The third kappa shape index (κ3) is 2.19. The molecule has 1 aromatic carbocycles. The minimum absolute atomic E-state index is 0.480. The second-order valence-electron chi connectivity index (χ2n) is 5.58. The second-order valence-corrected chi connectivity index (χ2v) is 5.58. The van der Waals surface area contributed by atoms with Crippen LogP contribution >= 0.6 is 0 Å². The van der Waals surface area contributed by atoms with Crippen LogP contribution in [0.15, 0.2) is 47.6 Å². The first kappa shape index (κ1) is 12.4. The molecule has 0 saturated heterocycles. The Morgan fingerprint density at radius 2 is 1.84 bits per heavy atom. The fraction of sp³-hybridized carbons (Fsp3) is 0.333. The van der Waals surface area contributed by atoms with Gasteiger partial charge < -0.3 is 5.11 Å². The van der Waals surface area contributed by atoms with E-state index in [1.54, 1.807) is 0 Å². The number of aliphatic hydroxyl groups excluding tert-OH is 1. The molecule has 0 amide bonds. The first-order valence-corrected chi connectivity index (χ1v) is 7.01. The molecule has 1 heteroatoms. The van der Waals surface area contributed by atoms with E-state index in [1.165, 1.54) is 22.3 Å². The SMILES string of the molecule is Cc1cc(C)c2c(c1)CCC1=C(C=CCC=C1)C2O. The van der Waals surface area contributed by atoms with Crippen LogP contribution in [-0.2, 0) is 6.42 Å². The predicted octanol–water partition coefficient (Wildman–Crippen LogP) is 4.10. The largest absolute Gasteiger partial charge is 0.384 e. The highest BCUT2D eigenvalue weighted by atomic mass is 16.3. The molecule has 2 aliphatic carbocycles. The van der Waals surface area contributed by atoms with Crippen molar-refractivity contribution in [2.24, 2.45) is 0 Å². The monoisotopic (exact) mass is 252 g/mol. The molecule has 0 radical (unpaired) electrons. The smallest absolute Gasteiger partial charge is 0.105 e. The molecule has 3 rings (SSSR count). The van der Waals surface area contributed by atoms with Crippen LogP contribution in [0.2, 0.25) is 0 Å².